The minimum Gasteiger partial charge on any atom is -0.467 e. The van der Waals surface area contributed by atoms with E-state index in [9.17, 15) is 4.79 Å². The Morgan fingerprint density at radius 1 is 1.22 bits per heavy atom. The summed E-state index contributed by atoms with van der Waals surface area (Å²) in [6.07, 6.45) is 3.40. The van der Waals surface area contributed by atoms with Gasteiger partial charge in [-0.15, -0.1) is 0 Å². The maximum Gasteiger partial charge on any atom is 0.252 e. The third-order valence-corrected chi connectivity index (χ3v) is 4.64. The molecule has 6 heteroatoms. The van der Waals surface area contributed by atoms with Crippen molar-refractivity contribution < 1.29 is 9.21 Å². The Labute approximate surface area is 156 Å². The van der Waals surface area contributed by atoms with Crippen molar-refractivity contribution in [1.29, 1.82) is 0 Å². The first-order valence-electron chi connectivity index (χ1n) is 8.90. The number of benzene rings is 1. The first-order valence-corrected chi connectivity index (χ1v) is 8.90. The number of rotatable bonds is 5. The molecule has 6 nitrogen and oxygen atoms in total. The SMILES string of the molecule is CCn1ncc(-c2cc(C(=O)NCc3ccco3)c3ccccc3n2)c1C. The normalized spacial score (nSPS) is 11.0. The minimum absolute atomic E-state index is 0.160. The molecule has 3 aromatic heterocycles. The fraction of sp³-hybridized carbons (Fsp3) is 0.190. The Kier molecular flexibility index (Phi) is 4.46. The molecule has 0 fully saturated rings. The second-order valence-corrected chi connectivity index (χ2v) is 6.29. The molecule has 0 unspecified atom stereocenters. The zero-order chi connectivity index (χ0) is 18.8. The van der Waals surface area contributed by atoms with Crippen LogP contribution in [-0.2, 0) is 13.1 Å². The summed E-state index contributed by atoms with van der Waals surface area (Å²) in [5, 5.41) is 8.14. The number of hydrogen-bond acceptors (Lipinski definition) is 4. The smallest absolute Gasteiger partial charge is 0.252 e. The molecule has 0 bridgehead atoms. The summed E-state index contributed by atoms with van der Waals surface area (Å²) in [6, 6.07) is 13.1. The van der Waals surface area contributed by atoms with Gasteiger partial charge in [0.2, 0.25) is 0 Å². The Balaban J connectivity index is 1.76. The number of amides is 1. The highest BCUT2D eigenvalue weighted by Crippen LogP contribution is 2.27. The van der Waals surface area contributed by atoms with Crippen molar-refractivity contribution in [2.24, 2.45) is 0 Å². The molecule has 3 heterocycles. The van der Waals surface area contributed by atoms with E-state index in [1.807, 2.05) is 54.9 Å². The lowest BCUT2D eigenvalue weighted by Gasteiger charge is -2.10. The number of para-hydroxylation sites is 1. The topological polar surface area (TPSA) is 73.0 Å². The van der Waals surface area contributed by atoms with Gasteiger partial charge in [0, 0.05) is 23.2 Å². The van der Waals surface area contributed by atoms with Crippen molar-refractivity contribution >= 4 is 16.8 Å². The van der Waals surface area contributed by atoms with Crippen LogP contribution in [-0.4, -0.2) is 20.7 Å². The van der Waals surface area contributed by atoms with Gasteiger partial charge in [-0.1, -0.05) is 18.2 Å². The molecule has 0 aliphatic carbocycles. The Morgan fingerprint density at radius 2 is 2.07 bits per heavy atom. The number of hydrogen-bond donors (Lipinski definition) is 1. The average molecular weight is 360 g/mol. The third kappa shape index (κ3) is 3.21. The van der Waals surface area contributed by atoms with Gasteiger partial charge in [0.15, 0.2) is 0 Å². The molecule has 1 N–H and O–H groups in total. The van der Waals surface area contributed by atoms with E-state index in [4.69, 9.17) is 9.40 Å². The first kappa shape index (κ1) is 17.0. The van der Waals surface area contributed by atoms with E-state index >= 15 is 0 Å². The van der Waals surface area contributed by atoms with Gasteiger partial charge in [-0.3, -0.25) is 9.48 Å². The van der Waals surface area contributed by atoms with Crippen LogP contribution in [0.4, 0.5) is 0 Å². The number of aromatic nitrogens is 3. The van der Waals surface area contributed by atoms with Crippen LogP contribution in [0, 0.1) is 6.92 Å². The quantitative estimate of drug-likeness (QED) is 0.585. The van der Waals surface area contributed by atoms with Gasteiger partial charge in [-0.2, -0.15) is 5.10 Å². The van der Waals surface area contributed by atoms with Crippen molar-refractivity contribution in [3.8, 4) is 11.3 Å². The van der Waals surface area contributed by atoms with E-state index in [0.29, 0.717) is 17.9 Å². The predicted octanol–water partition coefficient (Wildman–Crippen LogP) is 3.95. The highest BCUT2D eigenvalue weighted by atomic mass is 16.3. The Bertz CT molecular complexity index is 1100. The van der Waals surface area contributed by atoms with Crippen molar-refractivity contribution in [3.63, 3.8) is 0 Å². The molecule has 0 radical (unpaired) electrons. The van der Waals surface area contributed by atoms with Crippen LogP contribution in [0.3, 0.4) is 0 Å². The van der Waals surface area contributed by atoms with Crippen molar-refractivity contribution in [2.45, 2.75) is 26.9 Å². The third-order valence-electron chi connectivity index (χ3n) is 4.64. The van der Waals surface area contributed by atoms with Gasteiger partial charge in [0.25, 0.3) is 5.91 Å². The Hall–Kier alpha value is -3.41. The molecule has 4 aromatic rings. The van der Waals surface area contributed by atoms with Crippen LogP contribution < -0.4 is 5.32 Å². The first-order chi connectivity index (χ1) is 13.2. The molecule has 136 valence electrons. The summed E-state index contributed by atoms with van der Waals surface area (Å²) >= 11 is 0. The molecule has 0 saturated heterocycles. The number of carbonyl (C=O) groups excluding carboxylic acids is 1. The van der Waals surface area contributed by atoms with Crippen LogP contribution >= 0.6 is 0 Å². The van der Waals surface area contributed by atoms with Gasteiger partial charge in [-0.25, -0.2) is 4.98 Å². The molecule has 4 rings (SSSR count). The number of carbonyl (C=O) groups is 1. The van der Waals surface area contributed by atoms with Gasteiger partial charge < -0.3 is 9.73 Å². The van der Waals surface area contributed by atoms with Crippen molar-refractivity contribution in [1.82, 2.24) is 20.1 Å². The van der Waals surface area contributed by atoms with Crippen LogP contribution in [0.2, 0.25) is 0 Å². The molecular formula is C21H20N4O2. The summed E-state index contributed by atoms with van der Waals surface area (Å²) < 4.78 is 7.21. The van der Waals surface area contributed by atoms with Crippen LogP contribution in [0.1, 0.15) is 28.7 Å². The average Bonchev–Trinajstić information content (AvgIpc) is 3.34. The van der Waals surface area contributed by atoms with Crippen LogP contribution in [0.25, 0.3) is 22.2 Å². The summed E-state index contributed by atoms with van der Waals surface area (Å²) in [4.78, 5) is 17.6. The van der Waals surface area contributed by atoms with Gasteiger partial charge in [0.05, 0.1) is 35.8 Å². The van der Waals surface area contributed by atoms with E-state index in [1.54, 1.807) is 18.5 Å². The molecule has 0 aliphatic rings. The van der Waals surface area contributed by atoms with E-state index < -0.39 is 0 Å². The van der Waals surface area contributed by atoms with Crippen LogP contribution in [0.5, 0.6) is 0 Å². The number of nitrogens with one attached hydrogen (secondary N) is 1. The summed E-state index contributed by atoms with van der Waals surface area (Å²) in [6.45, 7) is 5.19. The van der Waals surface area contributed by atoms with E-state index in [1.165, 1.54) is 0 Å². The fourth-order valence-electron chi connectivity index (χ4n) is 3.19. The van der Waals surface area contributed by atoms with Gasteiger partial charge >= 0.3 is 0 Å². The summed E-state index contributed by atoms with van der Waals surface area (Å²) in [5.74, 6) is 0.550. The number of fused-ring (bicyclic) bond motifs is 1. The molecular weight excluding hydrogens is 340 g/mol. The molecule has 0 atom stereocenters. The fourth-order valence-corrected chi connectivity index (χ4v) is 3.19. The molecule has 1 aromatic carbocycles. The number of aryl methyl sites for hydroxylation is 1. The van der Waals surface area contributed by atoms with Gasteiger partial charge in [-0.05, 0) is 38.1 Å². The van der Waals surface area contributed by atoms with E-state index in [0.717, 1.165) is 34.4 Å². The maximum atomic E-state index is 12.9. The largest absolute Gasteiger partial charge is 0.467 e. The van der Waals surface area contributed by atoms with E-state index in [-0.39, 0.29) is 5.91 Å². The van der Waals surface area contributed by atoms with E-state index in [2.05, 4.69) is 10.4 Å². The number of furan rings is 1. The van der Waals surface area contributed by atoms with Gasteiger partial charge in [0.1, 0.15) is 5.76 Å². The predicted molar refractivity (Wildman–Crippen MR) is 103 cm³/mol. The zero-order valence-corrected chi connectivity index (χ0v) is 15.3. The lowest BCUT2D eigenvalue weighted by atomic mass is 10.0. The molecule has 1 amide bonds. The minimum atomic E-state index is -0.160. The maximum absolute atomic E-state index is 12.9. The highest BCUT2D eigenvalue weighted by molar-refractivity contribution is 6.07. The summed E-state index contributed by atoms with van der Waals surface area (Å²) in [7, 11) is 0. The zero-order valence-electron chi connectivity index (χ0n) is 15.3. The monoisotopic (exact) mass is 360 g/mol. The lowest BCUT2D eigenvalue weighted by Crippen LogP contribution is -2.23. The molecule has 0 spiro atoms. The second-order valence-electron chi connectivity index (χ2n) is 6.29. The number of nitrogens with zero attached hydrogens (tertiary/aromatic N) is 3. The number of pyridine rings is 1. The molecule has 0 aliphatic heterocycles. The van der Waals surface area contributed by atoms with Crippen LogP contribution in [0.15, 0.2) is 59.3 Å². The Morgan fingerprint density at radius 3 is 2.81 bits per heavy atom. The van der Waals surface area contributed by atoms with Crippen molar-refractivity contribution in [3.05, 3.63) is 71.9 Å². The highest BCUT2D eigenvalue weighted by Gasteiger charge is 2.16. The standard InChI is InChI=1S/C21H20N4O2/c1-3-25-14(2)18(13-23-25)20-11-17(16-8-4-5-9-19(16)24-20)21(26)22-12-15-7-6-10-27-15/h4-11,13H,3,12H2,1-2H3,(H,22,26). The molecule has 27 heavy (non-hydrogen) atoms. The lowest BCUT2D eigenvalue weighted by molar-refractivity contribution is 0.0949. The molecule has 0 saturated carbocycles. The van der Waals surface area contributed by atoms with Crippen molar-refractivity contribution in [2.75, 3.05) is 0 Å². The second kappa shape index (κ2) is 7.07. The summed E-state index contributed by atoms with van der Waals surface area (Å²) in [5.41, 5.74) is 4.08.